The molecule has 4 aromatic rings. The van der Waals surface area contributed by atoms with E-state index in [4.69, 9.17) is 13.9 Å². The van der Waals surface area contributed by atoms with Crippen LogP contribution in [0.15, 0.2) is 85.0 Å². The fourth-order valence-electron chi connectivity index (χ4n) is 4.59. The van der Waals surface area contributed by atoms with Gasteiger partial charge in [0.2, 0.25) is 0 Å². The largest absolute Gasteiger partial charge is 0.630 e. The van der Waals surface area contributed by atoms with Crippen LogP contribution in [0.3, 0.4) is 0 Å². The highest BCUT2D eigenvalue weighted by atomic mass is 32.2. The number of rotatable bonds is 8. The van der Waals surface area contributed by atoms with Crippen LogP contribution >= 0.6 is 23.1 Å². The van der Waals surface area contributed by atoms with Gasteiger partial charge in [-0.3, -0.25) is 9.36 Å². The Kier molecular flexibility index (Phi) is 8.08. The third kappa shape index (κ3) is 5.16. The minimum Gasteiger partial charge on any atom is -0.630 e. The number of hydrogen-bond donors (Lipinski definition) is 1. The van der Waals surface area contributed by atoms with Crippen LogP contribution in [0.1, 0.15) is 31.2 Å². The Labute approximate surface area is 238 Å². The first-order valence-electron chi connectivity index (χ1n) is 12.5. The number of aromatic nitrogens is 1. The molecule has 0 bridgehead atoms. The Hall–Kier alpha value is -3.90. The number of carbonyl (C=O) groups is 1. The van der Waals surface area contributed by atoms with Crippen molar-refractivity contribution < 1.29 is 24.2 Å². The monoisotopic (exact) mass is 577 g/mol. The highest BCUT2D eigenvalue weighted by Gasteiger charge is 2.33. The third-order valence-corrected chi connectivity index (χ3v) is 8.20. The molecule has 1 atom stereocenters. The second-order valence-corrected chi connectivity index (χ2v) is 10.7. The second kappa shape index (κ2) is 11.7. The summed E-state index contributed by atoms with van der Waals surface area (Å²) >= 11 is 2.83. The van der Waals surface area contributed by atoms with Crippen molar-refractivity contribution in [3.8, 4) is 17.1 Å². The van der Waals surface area contributed by atoms with E-state index in [1.807, 2.05) is 30.5 Å². The molecule has 40 heavy (non-hydrogen) atoms. The smallest absolute Gasteiger partial charge is 0.338 e. The normalized spacial score (nSPS) is 15.1. The summed E-state index contributed by atoms with van der Waals surface area (Å²) < 4.78 is 18.8. The first-order valence-corrected chi connectivity index (χ1v) is 14.5. The molecule has 1 aliphatic rings. The highest BCUT2D eigenvalue weighted by Crippen LogP contribution is 2.34. The summed E-state index contributed by atoms with van der Waals surface area (Å²) in [5.74, 6) is 0.993. The molecule has 11 heteroatoms. The number of quaternary nitrogens is 1. The maximum atomic E-state index is 13.8. The van der Waals surface area contributed by atoms with Gasteiger partial charge in [0.05, 0.1) is 41.1 Å². The molecule has 2 N–H and O–H groups in total. The molecule has 0 spiro atoms. The Morgan fingerprint density at radius 2 is 2.00 bits per heavy atom. The average Bonchev–Trinajstić information content (AvgIpc) is 3.56. The topological polar surface area (TPSA) is 123 Å². The van der Waals surface area contributed by atoms with Gasteiger partial charge in [-0.2, -0.15) is 0 Å². The van der Waals surface area contributed by atoms with Crippen LogP contribution in [-0.4, -0.2) is 30.5 Å². The Balaban J connectivity index is 1.62. The van der Waals surface area contributed by atoms with Gasteiger partial charge in [-0.1, -0.05) is 23.5 Å². The standard InChI is InChI=1S/C29H27N3O6S2/c1-5-37-28(34)25-16(2)30-29-32(26(25)17-6-10-20(39-4)11-7-17)27(33)24(40-29)15-19-9-13-23(38-19)21-14-18(31-35)8-12-22(21)36-3/h6-15,26H,5,31H2,1-4H3/b24-15-. The van der Waals surface area contributed by atoms with Crippen LogP contribution in [0.4, 0.5) is 5.69 Å². The number of furan rings is 1. The first kappa shape index (κ1) is 27.7. The van der Waals surface area contributed by atoms with Crippen molar-refractivity contribution in [1.82, 2.24) is 4.57 Å². The number of nitrogens with two attached hydrogens (primary N) is 1. The van der Waals surface area contributed by atoms with Crippen LogP contribution in [0.2, 0.25) is 0 Å². The molecule has 2 aromatic heterocycles. The number of allylic oxidation sites excluding steroid dienone is 1. The summed E-state index contributed by atoms with van der Waals surface area (Å²) in [6.45, 7) is 3.71. The number of esters is 1. The van der Waals surface area contributed by atoms with Crippen LogP contribution in [0.5, 0.6) is 5.75 Å². The molecule has 2 aromatic carbocycles. The molecule has 1 unspecified atom stereocenters. The average molecular weight is 578 g/mol. The molecule has 206 valence electrons. The fourth-order valence-corrected chi connectivity index (χ4v) is 6.02. The number of thioether (sulfide) groups is 1. The lowest BCUT2D eigenvalue weighted by Crippen LogP contribution is -2.70. The Morgan fingerprint density at radius 1 is 1.23 bits per heavy atom. The molecular formula is C29H27N3O6S2. The zero-order chi connectivity index (χ0) is 28.4. The molecule has 0 amide bonds. The van der Waals surface area contributed by atoms with Crippen LogP contribution in [-0.2, 0) is 9.53 Å². The predicted molar refractivity (Wildman–Crippen MR) is 154 cm³/mol. The van der Waals surface area contributed by atoms with Gasteiger partial charge in [0, 0.05) is 23.1 Å². The van der Waals surface area contributed by atoms with E-state index in [1.165, 1.54) is 11.3 Å². The molecule has 0 saturated heterocycles. The van der Waals surface area contributed by atoms with E-state index in [1.54, 1.807) is 73.7 Å². The van der Waals surface area contributed by atoms with Gasteiger partial charge in [0.25, 0.3) is 5.56 Å². The summed E-state index contributed by atoms with van der Waals surface area (Å²) in [4.78, 5) is 33.0. The number of fused-ring (bicyclic) bond motifs is 1. The van der Waals surface area contributed by atoms with Gasteiger partial charge in [0.1, 0.15) is 23.0 Å². The van der Waals surface area contributed by atoms with Gasteiger partial charge in [0.15, 0.2) is 4.80 Å². The maximum Gasteiger partial charge on any atom is 0.338 e. The highest BCUT2D eigenvalue weighted by molar-refractivity contribution is 7.98. The zero-order valence-corrected chi connectivity index (χ0v) is 23.9. The molecular weight excluding hydrogens is 550 g/mol. The van der Waals surface area contributed by atoms with Gasteiger partial charge in [-0.25, -0.2) is 9.79 Å². The van der Waals surface area contributed by atoms with E-state index in [0.717, 1.165) is 15.9 Å². The number of benzene rings is 2. The number of nitrogens with zero attached hydrogens (tertiary/aromatic N) is 2. The minimum atomic E-state index is -0.684. The van der Waals surface area contributed by atoms with Crippen LogP contribution < -0.4 is 25.1 Å². The SMILES string of the molecule is CCOC(=O)C1=C(C)N=c2s/c(=C\c3ccc(-c4cc([NH2+][O-])ccc4OC)o3)c(=O)n2C1c1ccc(SC)cc1. The second-order valence-electron chi connectivity index (χ2n) is 8.86. The fraction of sp³-hybridized carbons (Fsp3) is 0.207. The lowest BCUT2D eigenvalue weighted by Gasteiger charge is -2.24. The Bertz CT molecular complexity index is 1780. The van der Waals surface area contributed by atoms with Crippen molar-refractivity contribution in [1.29, 1.82) is 0 Å². The quantitative estimate of drug-likeness (QED) is 0.147. The van der Waals surface area contributed by atoms with Crippen molar-refractivity contribution in [2.24, 2.45) is 4.99 Å². The van der Waals surface area contributed by atoms with E-state index < -0.39 is 12.0 Å². The molecule has 5 rings (SSSR count). The number of hydrogen-bond acceptors (Lipinski definition) is 9. The van der Waals surface area contributed by atoms with E-state index in [0.29, 0.717) is 49.1 Å². The molecule has 0 fully saturated rings. The van der Waals surface area contributed by atoms with E-state index >= 15 is 0 Å². The summed E-state index contributed by atoms with van der Waals surface area (Å²) in [7, 11) is 1.54. The van der Waals surface area contributed by atoms with Crippen molar-refractivity contribution in [2.75, 3.05) is 20.0 Å². The number of thiazole rings is 1. The van der Waals surface area contributed by atoms with Crippen LogP contribution in [0, 0.1) is 5.21 Å². The summed E-state index contributed by atoms with van der Waals surface area (Å²) in [5.41, 5.74) is 3.19. The van der Waals surface area contributed by atoms with Crippen molar-refractivity contribution >= 4 is 40.8 Å². The summed E-state index contributed by atoms with van der Waals surface area (Å²) in [5, 5.41) is 11.3. The van der Waals surface area contributed by atoms with Gasteiger partial charge in [-0.05, 0) is 56.0 Å². The number of carbonyl (C=O) groups excluding carboxylic acids is 1. The van der Waals surface area contributed by atoms with E-state index in [-0.39, 0.29) is 12.2 Å². The molecule has 3 heterocycles. The van der Waals surface area contributed by atoms with E-state index in [2.05, 4.69) is 4.99 Å². The third-order valence-electron chi connectivity index (χ3n) is 6.47. The van der Waals surface area contributed by atoms with Crippen molar-refractivity contribution in [3.05, 3.63) is 102 Å². The zero-order valence-electron chi connectivity index (χ0n) is 22.3. The van der Waals surface area contributed by atoms with E-state index in [9.17, 15) is 14.8 Å². The van der Waals surface area contributed by atoms with Crippen molar-refractivity contribution in [2.45, 2.75) is 24.8 Å². The van der Waals surface area contributed by atoms with Gasteiger partial charge >= 0.3 is 5.97 Å². The van der Waals surface area contributed by atoms with Crippen molar-refractivity contribution in [3.63, 3.8) is 0 Å². The Morgan fingerprint density at radius 3 is 2.67 bits per heavy atom. The lowest BCUT2D eigenvalue weighted by atomic mass is 9.96. The molecule has 0 saturated carbocycles. The summed E-state index contributed by atoms with van der Waals surface area (Å²) in [6, 6.07) is 15.6. The molecule has 0 aliphatic carbocycles. The summed E-state index contributed by atoms with van der Waals surface area (Å²) in [6.07, 6.45) is 3.64. The maximum absolute atomic E-state index is 13.8. The van der Waals surface area contributed by atoms with Gasteiger partial charge < -0.3 is 24.6 Å². The lowest BCUT2D eigenvalue weighted by molar-refractivity contribution is -0.497. The number of ether oxygens (including phenoxy) is 2. The predicted octanol–water partition coefficient (Wildman–Crippen LogP) is 3.48. The van der Waals surface area contributed by atoms with Crippen LogP contribution in [0.25, 0.3) is 17.4 Å². The molecule has 0 radical (unpaired) electrons. The van der Waals surface area contributed by atoms with Gasteiger partial charge in [-0.15, -0.1) is 11.8 Å². The first-order chi connectivity index (χ1) is 19.4. The number of methoxy groups -OCH3 is 1. The molecule has 9 nitrogen and oxygen atoms in total. The minimum absolute atomic E-state index is 0.208. The molecule has 1 aliphatic heterocycles.